The van der Waals surface area contributed by atoms with Gasteiger partial charge in [0.1, 0.15) is 11.4 Å². The monoisotopic (exact) mass is 399 g/mol. The van der Waals surface area contributed by atoms with Crippen molar-refractivity contribution in [2.24, 2.45) is 5.73 Å². The van der Waals surface area contributed by atoms with Crippen LogP contribution in [0.4, 0.5) is 0 Å². The fraction of sp³-hybridized carbons (Fsp3) is 0.0909. The molecule has 4 N–H and O–H groups in total. The Balaban J connectivity index is 2.04. The van der Waals surface area contributed by atoms with Gasteiger partial charge >= 0.3 is 0 Å². The van der Waals surface area contributed by atoms with Crippen LogP contribution in [0.25, 0.3) is 6.08 Å². The lowest BCUT2D eigenvalue weighted by Crippen LogP contribution is -2.45. The van der Waals surface area contributed by atoms with Gasteiger partial charge in [0, 0.05) is 10.6 Å². The molecule has 0 aromatic heterocycles. The molecule has 27 heavy (non-hydrogen) atoms. The molecule has 0 aliphatic carbocycles. The minimum Gasteiger partial charge on any atom is -0.506 e. The van der Waals surface area contributed by atoms with E-state index in [1.54, 1.807) is 18.2 Å². The Hall–Kier alpha value is -2.30. The highest BCUT2D eigenvalue weighted by Gasteiger charge is 2.36. The number of hydrogen-bond donors (Lipinski definition) is 3. The van der Waals surface area contributed by atoms with Gasteiger partial charge in [-0.05, 0) is 23.3 Å². The summed E-state index contributed by atoms with van der Waals surface area (Å²) >= 11 is 12.0. The zero-order valence-electron chi connectivity index (χ0n) is 14.4. The molecule has 3 nitrogen and oxygen atoms in total. The minimum absolute atomic E-state index is 0.0903. The fourth-order valence-electron chi connectivity index (χ4n) is 3.00. The van der Waals surface area contributed by atoms with Crippen molar-refractivity contribution in [1.82, 2.24) is 0 Å². The van der Waals surface area contributed by atoms with E-state index in [1.165, 1.54) is 6.07 Å². The van der Waals surface area contributed by atoms with Gasteiger partial charge in [0.25, 0.3) is 0 Å². The zero-order valence-corrected chi connectivity index (χ0v) is 15.9. The van der Waals surface area contributed by atoms with Gasteiger partial charge in [-0.3, -0.25) is 0 Å². The van der Waals surface area contributed by atoms with Crippen LogP contribution in [0.5, 0.6) is 5.75 Å². The highest BCUT2D eigenvalue weighted by atomic mass is 35.5. The quantitative estimate of drug-likeness (QED) is 0.566. The minimum atomic E-state index is -1.45. The van der Waals surface area contributed by atoms with E-state index in [4.69, 9.17) is 28.9 Å². The molecule has 0 fully saturated rings. The maximum atomic E-state index is 11.6. The summed E-state index contributed by atoms with van der Waals surface area (Å²) in [5, 5.41) is 22.3. The van der Waals surface area contributed by atoms with Gasteiger partial charge in [-0.25, -0.2) is 0 Å². The first-order valence-corrected chi connectivity index (χ1v) is 9.13. The third kappa shape index (κ3) is 4.02. The van der Waals surface area contributed by atoms with Crippen LogP contribution in [-0.4, -0.2) is 16.3 Å². The first-order valence-electron chi connectivity index (χ1n) is 8.38. The maximum Gasteiger partial charge on any atom is 0.141 e. The lowest BCUT2D eigenvalue weighted by molar-refractivity contribution is 0.0672. The number of rotatable bonds is 5. The van der Waals surface area contributed by atoms with Crippen LogP contribution < -0.4 is 5.73 Å². The topological polar surface area (TPSA) is 66.5 Å². The predicted molar refractivity (Wildman–Crippen MR) is 111 cm³/mol. The summed E-state index contributed by atoms with van der Waals surface area (Å²) in [6.45, 7) is 0. The Morgan fingerprint density at radius 3 is 1.93 bits per heavy atom. The molecule has 0 saturated heterocycles. The Kier molecular flexibility index (Phi) is 5.88. The molecule has 1 atom stereocenters. The van der Waals surface area contributed by atoms with E-state index < -0.39 is 11.6 Å². The third-order valence-corrected chi connectivity index (χ3v) is 4.96. The van der Waals surface area contributed by atoms with E-state index in [9.17, 15) is 10.2 Å². The molecule has 5 heteroatoms. The highest BCUT2D eigenvalue weighted by Crippen LogP contribution is 2.35. The molecule has 3 rings (SSSR count). The summed E-state index contributed by atoms with van der Waals surface area (Å²) in [7, 11) is 0. The Bertz CT molecular complexity index is 904. The fourth-order valence-corrected chi connectivity index (χ4v) is 3.50. The van der Waals surface area contributed by atoms with Crippen LogP contribution in [0, 0.1) is 0 Å². The van der Waals surface area contributed by atoms with Gasteiger partial charge in [-0.2, -0.15) is 0 Å². The number of benzene rings is 3. The second-order valence-electron chi connectivity index (χ2n) is 6.21. The van der Waals surface area contributed by atoms with Gasteiger partial charge < -0.3 is 15.9 Å². The van der Waals surface area contributed by atoms with E-state index >= 15 is 0 Å². The summed E-state index contributed by atoms with van der Waals surface area (Å²) in [5.41, 5.74) is 6.72. The van der Waals surface area contributed by atoms with Crippen LogP contribution in [0.1, 0.15) is 16.7 Å². The first kappa shape index (κ1) is 19.5. The van der Waals surface area contributed by atoms with Crippen molar-refractivity contribution in [1.29, 1.82) is 0 Å². The van der Waals surface area contributed by atoms with Crippen molar-refractivity contribution in [3.8, 4) is 5.75 Å². The van der Waals surface area contributed by atoms with Gasteiger partial charge in [-0.15, -0.1) is 0 Å². The highest BCUT2D eigenvalue weighted by molar-refractivity contribution is 6.35. The number of aliphatic hydroxyl groups is 1. The Labute approximate surface area is 168 Å². The number of halogens is 2. The largest absolute Gasteiger partial charge is 0.506 e. The van der Waals surface area contributed by atoms with E-state index in [2.05, 4.69) is 0 Å². The van der Waals surface area contributed by atoms with E-state index in [-0.39, 0.29) is 10.8 Å². The standard InChI is InChI=1S/C22H19Cl2NO2/c23-18-13-15(21(26)19(24)14-18)11-12-20(25)22(27,16-7-3-1-4-8-16)17-9-5-2-6-10-17/h1-14,20,26-27H,25H2. The summed E-state index contributed by atoms with van der Waals surface area (Å²) in [6, 6.07) is 20.7. The van der Waals surface area contributed by atoms with Gasteiger partial charge in [0.05, 0.1) is 11.1 Å². The van der Waals surface area contributed by atoms with Crippen molar-refractivity contribution < 1.29 is 10.2 Å². The summed E-state index contributed by atoms with van der Waals surface area (Å²) in [5.74, 6) is -0.0903. The Morgan fingerprint density at radius 1 is 0.889 bits per heavy atom. The van der Waals surface area contributed by atoms with Crippen molar-refractivity contribution in [2.45, 2.75) is 11.6 Å². The molecule has 0 bridgehead atoms. The average Bonchev–Trinajstić information content (AvgIpc) is 2.70. The molecule has 0 heterocycles. The van der Waals surface area contributed by atoms with Crippen LogP contribution in [-0.2, 0) is 5.60 Å². The number of aromatic hydroxyl groups is 1. The van der Waals surface area contributed by atoms with Crippen LogP contribution >= 0.6 is 23.2 Å². The van der Waals surface area contributed by atoms with Crippen LogP contribution in [0.2, 0.25) is 10.0 Å². The Morgan fingerprint density at radius 2 is 1.41 bits per heavy atom. The molecule has 3 aromatic carbocycles. The van der Waals surface area contributed by atoms with Crippen LogP contribution in [0.3, 0.4) is 0 Å². The first-order chi connectivity index (χ1) is 12.9. The van der Waals surface area contributed by atoms with E-state index in [1.807, 2.05) is 60.7 Å². The number of hydrogen-bond acceptors (Lipinski definition) is 3. The lowest BCUT2D eigenvalue weighted by Gasteiger charge is -2.33. The van der Waals surface area contributed by atoms with Crippen molar-refractivity contribution >= 4 is 29.3 Å². The third-order valence-electron chi connectivity index (χ3n) is 4.45. The number of phenolic OH excluding ortho intramolecular Hbond substituents is 1. The summed E-state index contributed by atoms with van der Waals surface area (Å²) in [6.07, 6.45) is 3.23. The number of nitrogens with two attached hydrogens (primary N) is 1. The van der Waals surface area contributed by atoms with Gasteiger partial charge in [0.15, 0.2) is 0 Å². The van der Waals surface area contributed by atoms with E-state index in [0.717, 1.165) is 0 Å². The molecule has 0 amide bonds. The van der Waals surface area contributed by atoms with Gasteiger partial charge in [0.2, 0.25) is 0 Å². The second kappa shape index (κ2) is 8.15. The molecule has 0 aliphatic heterocycles. The summed E-state index contributed by atoms with van der Waals surface area (Å²) in [4.78, 5) is 0. The molecule has 0 aliphatic rings. The molecule has 1 unspecified atom stereocenters. The van der Waals surface area contributed by atoms with Crippen molar-refractivity contribution in [2.75, 3.05) is 0 Å². The molecule has 0 spiro atoms. The molecule has 0 radical (unpaired) electrons. The smallest absolute Gasteiger partial charge is 0.141 e. The second-order valence-corrected chi connectivity index (χ2v) is 7.05. The molecule has 138 valence electrons. The zero-order chi connectivity index (χ0) is 19.4. The summed E-state index contributed by atoms with van der Waals surface area (Å²) < 4.78 is 0. The van der Waals surface area contributed by atoms with Crippen molar-refractivity contribution in [3.63, 3.8) is 0 Å². The molecular formula is C22H19Cl2NO2. The molecule has 0 saturated carbocycles. The SMILES string of the molecule is NC(C=Cc1cc(Cl)cc(Cl)c1O)C(O)(c1ccccc1)c1ccccc1. The predicted octanol–water partition coefficient (Wildman–Crippen LogP) is 4.98. The average molecular weight is 400 g/mol. The lowest BCUT2D eigenvalue weighted by atomic mass is 9.80. The van der Waals surface area contributed by atoms with E-state index in [0.29, 0.717) is 21.7 Å². The molecular weight excluding hydrogens is 381 g/mol. The number of phenols is 1. The normalized spacial score (nSPS) is 13.0. The maximum absolute atomic E-state index is 11.6. The van der Waals surface area contributed by atoms with Gasteiger partial charge in [-0.1, -0.05) is 96.0 Å². The van der Waals surface area contributed by atoms with Crippen LogP contribution in [0.15, 0.2) is 78.9 Å². The molecule has 3 aromatic rings. The van der Waals surface area contributed by atoms with Crippen molar-refractivity contribution in [3.05, 3.63) is 106 Å².